The Kier molecular flexibility index (Phi) is 4.58. The fourth-order valence-electron chi connectivity index (χ4n) is 2.97. The molecule has 0 radical (unpaired) electrons. The van der Waals surface area contributed by atoms with Crippen LogP contribution in [0.25, 0.3) is 22.0 Å². The molecule has 0 saturated carbocycles. The van der Waals surface area contributed by atoms with E-state index in [1.807, 2.05) is 43.3 Å². The van der Waals surface area contributed by atoms with Crippen molar-refractivity contribution in [3.63, 3.8) is 0 Å². The van der Waals surface area contributed by atoms with Gasteiger partial charge in [0, 0.05) is 47.8 Å². The Bertz CT molecular complexity index is 833. The first kappa shape index (κ1) is 15.5. The van der Waals surface area contributed by atoms with Gasteiger partial charge in [0.05, 0.1) is 0 Å². The van der Waals surface area contributed by atoms with Gasteiger partial charge in [0.2, 0.25) is 0 Å². The molecule has 3 aromatic rings. The minimum atomic E-state index is 0.163. The van der Waals surface area contributed by atoms with Crippen molar-refractivity contribution in [1.82, 2.24) is 4.57 Å². The number of aliphatic hydroxyl groups is 1. The summed E-state index contributed by atoms with van der Waals surface area (Å²) >= 11 is 0. The maximum atomic E-state index is 12.0. The van der Waals surface area contributed by atoms with Gasteiger partial charge in [-0.25, -0.2) is 0 Å². The van der Waals surface area contributed by atoms with Gasteiger partial charge in [-0.3, -0.25) is 4.79 Å². The Morgan fingerprint density at radius 1 is 1.13 bits per heavy atom. The standard InChI is InChI=1S/C20H21NO2/c1-2-20(23)16-8-5-7-15(13-16)18-14-21(11-6-12-22)19-10-4-3-9-17(18)19/h3-5,7-10,13-14,22H,2,6,11-12H2,1H3. The highest BCUT2D eigenvalue weighted by atomic mass is 16.3. The van der Waals surface area contributed by atoms with Gasteiger partial charge in [0.1, 0.15) is 0 Å². The summed E-state index contributed by atoms with van der Waals surface area (Å²) in [6, 6.07) is 16.1. The molecule has 0 atom stereocenters. The molecule has 0 aliphatic carbocycles. The number of nitrogens with zero attached hydrogens (tertiary/aromatic N) is 1. The number of para-hydroxylation sites is 1. The molecule has 1 N–H and O–H groups in total. The molecule has 3 heteroatoms. The number of hydrogen-bond acceptors (Lipinski definition) is 2. The number of aliphatic hydroxyl groups excluding tert-OH is 1. The lowest BCUT2D eigenvalue weighted by atomic mass is 10.00. The lowest BCUT2D eigenvalue weighted by Crippen LogP contribution is -1.98. The first-order chi connectivity index (χ1) is 11.2. The molecule has 118 valence electrons. The Morgan fingerprint density at radius 3 is 2.74 bits per heavy atom. The van der Waals surface area contributed by atoms with Crippen molar-refractivity contribution < 1.29 is 9.90 Å². The molecule has 0 bridgehead atoms. The number of rotatable bonds is 6. The third kappa shape index (κ3) is 3.06. The highest BCUT2D eigenvalue weighted by molar-refractivity contribution is 6.00. The average molecular weight is 307 g/mol. The zero-order valence-corrected chi connectivity index (χ0v) is 13.3. The molecule has 0 saturated heterocycles. The summed E-state index contributed by atoms with van der Waals surface area (Å²) in [5, 5.41) is 10.3. The zero-order chi connectivity index (χ0) is 16.2. The third-order valence-corrected chi connectivity index (χ3v) is 4.16. The van der Waals surface area contributed by atoms with Gasteiger partial charge < -0.3 is 9.67 Å². The van der Waals surface area contributed by atoms with E-state index in [-0.39, 0.29) is 12.4 Å². The Morgan fingerprint density at radius 2 is 1.96 bits per heavy atom. The maximum absolute atomic E-state index is 12.0. The van der Waals surface area contributed by atoms with E-state index in [0.717, 1.165) is 35.2 Å². The second-order valence-corrected chi connectivity index (χ2v) is 5.69. The van der Waals surface area contributed by atoms with Gasteiger partial charge in [-0.1, -0.05) is 43.3 Å². The highest BCUT2D eigenvalue weighted by Crippen LogP contribution is 2.31. The predicted octanol–water partition coefficient (Wildman–Crippen LogP) is 4.28. The summed E-state index contributed by atoms with van der Waals surface area (Å²) in [6.45, 7) is 2.85. The van der Waals surface area contributed by atoms with Crippen LogP contribution < -0.4 is 0 Å². The summed E-state index contributed by atoms with van der Waals surface area (Å²) in [4.78, 5) is 12.0. The minimum Gasteiger partial charge on any atom is -0.396 e. The van der Waals surface area contributed by atoms with Crippen LogP contribution in [0.1, 0.15) is 30.1 Å². The number of aryl methyl sites for hydroxylation is 1. The molecule has 3 rings (SSSR count). The first-order valence-electron chi connectivity index (χ1n) is 8.07. The van der Waals surface area contributed by atoms with Crippen LogP contribution in [-0.4, -0.2) is 22.1 Å². The van der Waals surface area contributed by atoms with Crippen LogP contribution in [0.5, 0.6) is 0 Å². The lowest BCUT2D eigenvalue weighted by molar-refractivity contribution is 0.0988. The van der Waals surface area contributed by atoms with Gasteiger partial charge >= 0.3 is 0 Å². The molecule has 0 unspecified atom stereocenters. The van der Waals surface area contributed by atoms with Crippen LogP contribution in [-0.2, 0) is 6.54 Å². The molecule has 3 nitrogen and oxygen atoms in total. The number of fused-ring (bicyclic) bond motifs is 1. The number of Topliss-reactive ketones (excluding diaryl/α,β-unsaturated/α-hetero) is 1. The highest BCUT2D eigenvalue weighted by Gasteiger charge is 2.11. The fourth-order valence-corrected chi connectivity index (χ4v) is 2.97. The topological polar surface area (TPSA) is 42.2 Å². The Hall–Kier alpha value is -2.39. The van der Waals surface area contributed by atoms with E-state index in [1.165, 1.54) is 5.39 Å². The van der Waals surface area contributed by atoms with Crippen molar-refractivity contribution in [3.8, 4) is 11.1 Å². The van der Waals surface area contributed by atoms with Gasteiger partial charge in [-0.15, -0.1) is 0 Å². The van der Waals surface area contributed by atoms with E-state index < -0.39 is 0 Å². The molecule has 2 aromatic carbocycles. The molecule has 23 heavy (non-hydrogen) atoms. The van der Waals surface area contributed by atoms with Crippen LogP contribution in [0, 0.1) is 0 Å². The van der Waals surface area contributed by atoms with Crippen LogP contribution in [0.2, 0.25) is 0 Å². The number of hydrogen-bond donors (Lipinski definition) is 1. The summed E-state index contributed by atoms with van der Waals surface area (Å²) in [7, 11) is 0. The minimum absolute atomic E-state index is 0.163. The molecular weight excluding hydrogens is 286 g/mol. The molecule has 0 aliphatic heterocycles. The molecule has 1 heterocycles. The summed E-state index contributed by atoms with van der Waals surface area (Å²) in [5.74, 6) is 0.163. The zero-order valence-electron chi connectivity index (χ0n) is 13.3. The molecule has 0 fully saturated rings. The summed E-state index contributed by atoms with van der Waals surface area (Å²) < 4.78 is 2.18. The van der Waals surface area contributed by atoms with Crippen molar-refractivity contribution in [2.24, 2.45) is 0 Å². The van der Waals surface area contributed by atoms with Crippen LogP contribution in [0.4, 0.5) is 0 Å². The van der Waals surface area contributed by atoms with Gasteiger partial charge in [0.15, 0.2) is 5.78 Å². The van der Waals surface area contributed by atoms with E-state index in [1.54, 1.807) is 0 Å². The molecule has 0 amide bonds. The second kappa shape index (κ2) is 6.80. The number of aromatic nitrogens is 1. The van der Waals surface area contributed by atoms with Crippen molar-refractivity contribution >= 4 is 16.7 Å². The van der Waals surface area contributed by atoms with E-state index in [2.05, 4.69) is 22.9 Å². The monoisotopic (exact) mass is 307 g/mol. The molecule has 0 spiro atoms. The van der Waals surface area contributed by atoms with Crippen molar-refractivity contribution in [3.05, 3.63) is 60.3 Å². The molecule has 0 aliphatic rings. The smallest absolute Gasteiger partial charge is 0.162 e. The molecular formula is C20H21NO2. The number of carbonyl (C=O) groups excluding carboxylic acids is 1. The van der Waals surface area contributed by atoms with Crippen molar-refractivity contribution in [2.75, 3.05) is 6.61 Å². The maximum Gasteiger partial charge on any atom is 0.162 e. The third-order valence-electron chi connectivity index (χ3n) is 4.16. The SMILES string of the molecule is CCC(=O)c1cccc(-c2cn(CCCO)c3ccccc23)c1. The Labute approximate surface area is 136 Å². The number of ketones is 1. The van der Waals surface area contributed by atoms with Gasteiger partial charge in [-0.2, -0.15) is 0 Å². The number of benzene rings is 2. The van der Waals surface area contributed by atoms with Crippen LogP contribution >= 0.6 is 0 Å². The summed E-state index contributed by atoms with van der Waals surface area (Å²) in [6.07, 6.45) is 3.37. The van der Waals surface area contributed by atoms with Gasteiger partial charge in [-0.05, 0) is 24.1 Å². The first-order valence-corrected chi connectivity index (χ1v) is 8.07. The summed E-state index contributed by atoms with van der Waals surface area (Å²) in [5.41, 5.74) is 4.10. The lowest BCUT2D eigenvalue weighted by Gasteiger charge is -2.03. The number of carbonyl (C=O) groups is 1. The van der Waals surface area contributed by atoms with E-state index in [4.69, 9.17) is 5.11 Å². The normalized spacial score (nSPS) is 11.0. The van der Waals surface area contributed by atoms with Crippen LogP contribution in [0.15, 0.2) is 54.7 Å². The second-order valence-electron chi connectivity index (χ2n) is 5.69. The van der Waals surface area contributed by atoms with E-state index in [9.17, 15) is 4.79 Å². The average Bonchev–Trinajstić information content (AvgIpc) is 2.98. The molecule has 1 aromatic heterocycles. The van der Waals surface area contributed by atoms with Crippen molar-refractivity contribution in [1.29, 1.82) is 0 Å². The predicted molar refractivity (Wildman–Crippen MR) is 93.7 cm³/mol. The Balaban J connectivity index is 2.11. The quantitative estimate of drug-likeness (QED) is 0.691. The van der Waals surface area contributed by atoms with Crippen molar-refractivity contribution in [2.45, 2.75) is 26.3 Å². The van der Waals surface area contributed by atoms with Crippen LogP contribution in [0.3, 0.4) is 0 Å². The van der Waals surface area contributed by atoms with Gasteiger partial charge in [0.25, 0.3) is 0 Å². The largest absolute Gasteiger partial charge is 0.396 e. The van der Waals surface area contributed by atoms with E-state index in [0.29, 0.717) is 6.42 Å². The fraction of sp³-hybridized carbons (Fsp3) is 0.250. The van der Waals surface area contributed by atoms with E-state index >= 15 is 0 Å².